The van der Waals surface area contributed by atoms with Gasteiger partial charge in [0, 0.05) is 19.3 Å². The van der Waals surface area contributed by atoms with Gasteiger partial charge in [0.25, 0.3) is 5.91 Å². The molecule has 2 heterocycles. The predicted octanol–water partition coefficient (Wildman–Crippen LogP) is -1.09. The van der Waals surface area contributed by atoms with Crippen molar-refractivity contribution in [2.45, 2.75) is 12.5 Å². The first-order valence-electron chi connectivity index (χ1n) is 4.42. The van der Waals surface area contributed by atoms with Crippen LogP contribution in [0, 0.1) is 0 Å². The Hall–Kier alpha value is -1.56. The van der Waals surface area contributed by atoms with Crippen LogP contribution in [0.4, 0.5) is 0 Å². The Morgan fingerprint density at radius 3 is 2.93 bits per heavy atom. The van der Waals surface area contributed by atoms with E-state index in [1.807, 2.05) is 0 Å². The predicted molar refractivity (Wildman–Crippen MR) is 47.9 cm³/mol. The van der Waals surface area contributed by atoms with E-state index >= 15 is 0 Å². The lowest BCUT2D eigenvalue weighted by Crippen LogP contribution is -2.30. The maximum Gasteiger partial charge on any atom is 0.323 e. The van der Waals surface area contributed by atoms with E-state index in [1.54, 1.807) is 0 Å². The second-order valence-electron chi connectivity index (χ2n) is 3.35. The summed E-state index contributed by atoms with van der Waals surface area (Å²) in [5, 5.41) is 9.23. The van der Waals surface area contributed by atoms with Crippen LogP contribution in [-0.4, -0.2) is 45.1 Å². The number of β-amino-alcohol motifs (C(OH)–C–C–N with tert-alkyl or cyclic N) is 1. The number of aliphatic hydroxyl groups is 1. The zero-order chi connectivity index (χ0) is 10.1. The number of hydrogen-bond donors (Lipinski definition) is 3. The third-order valence-electron chi connectivity index (χ3n) is 2.28. The summed E-state index contributed by atoms with van der Waals surface area (Å²) in [6, 6.07) is 0. The van der Waals surface area contributed by atoms with E-state index in [-0.39, 0.29) is 11.6 Å². The number of aliphatic hydroxyl groups excluding tert-OH is 1. The Labute approximate surface area is 79.6 Å². The third kappa shape index (κ3) is 1.56. The van der Waals surface area contributed by atoms with E-state index < -0.39 is 11.8 Å². The summed E-state index contributed by atoms with van der Waals surface area (Å²) in [4.78, 5) is 28.6. The van der Waals surface area contributed by atoms with Gasteiger partial charge in [-0.1, -0.05) is 0 Å². The largest absolute Gasteiger partial charge is 0.391 e. The number of nitrogens with one attached hydrogen (secondary N) is 2. The number of aromatic nitrogens is 2. The highest BCUT2D eigenvalue weighted by Gasteiger charge is 2.26. The molecule has 1 fully saturated rings. The maximum atomic E-state index is 11.6. The van der Waals surface area contributed by atoms with E-state index in [0.717, 1.165) is 0 Å². The lowest BCUT2D eigenvalue weighted by atomic mass is 10.3. The molecule has 3 N–H and O–H groups in total. The first-order valence-corrected chi connectivity index (χ1v) is 4.42. The van der Waals surface area contributed by atoms with Gasteiger partial charge in [0.05, 0.1) is 6.10 Å². The molecule has 76 valence electrons. The average molecular weight is 197 g/mol. The number of hydrogen-bond acceptors (Lipinski definition) is 3. The summed E-state index contributed by atoms with van der Waals surface area (Å²) in [6.07, 6.45) is 1.50. The normalized spacial score (nSPS) is 21.5. The second-order valence-corrected chi connectivity index (χ2v) is 3.35. The van der Waals surface area contributed by atoms with Gasteiger partial charge in [0.1, 0.15) is 5.69 Å². The SMILES string of the molecule is O=C(c1c[nH]c(=O)[nH]1)N1CCC(O)C1. The zero-order valence-corrected chi connectivity index (χ0v) is 7.49. The first kappa shape index (κ1) is 9.01. The molecule has 1 atom stereocenters. The first-order chi connectivity index (χ1) is 6.66. The van der Waals surface area contributed by atoms with Gasteiger partial charge >= 0.3 is 5.69 Å². The number of rotatable bonds is 1. The van der Waals surface area contributed by atoms with Gasteiger partial charge in [-0.15, -0.1) is 0 Å². The van der Waals surface area contributed by atoms with Gasteiger partial charge in [-0.2, -0.15) is 0 Å². The number of H-pyrrole nitrogens is 2. The lowest BCUT2D eigenvalue weighted by molar-refractivity contribution is 0.0759. The Kier molecular flexibility index (Phi) is 2.12. The van der Waals surface area contributed by atoms with E-state index in [2.05, 4.69) is 9.97 Å². The molecule has 0 spiro atoms. The van der Waals surface area contributed by atoms with E-state index in [0.29, 0.717) is 19.5 Å². The molecule has 0 saturated carbocycles. The van der Waals surface area contributed by atoms with Crippen LogP contribution in [0.2, 0.25) is 0 Å². The Bertz CT molecular complexity index is 395. The summed E-state index contributed by atoms with van der Waals surface area (Å²) in [5.74, 6) is -0.250. The monoisotopic (exact) mass is 197 g/mol. The van der Waals surface area contributed by atoms with Crippen molar-refractivity contribution in [2.75, 3.05) is 13.1 Å². The minimum Gasteiger partial charge on any atom is -0.391 e. The highest BCUT2D eigenvalue weighted by atomic mass is 16.3. The molecule has 6 nitrogen and oxygen atoms in total. The molecule has 6 heteroatoms. The summed E-state index contributed by atoms with van der Waals surface area (Å²) >= 11 is 0. The maximum absolute atomic E-state index is 11.6. The number of aromatic amines is 2. The van der Waals surface area contributed by atoms with Gasteiger partial charge in [-0.25, -0.2) is 4.79 Å². The molecule has 0 bridgehead atoms. The molecule has 1 aromatic rings. The van der Waals surface area contributed by atoms with Crippen LogP contribution in [0.3, 0.4) is 0 Å². The zero-order valence-electron chi connectivity index (χ0n) is 7.49. The van der Waals surface area contributed by atoms with Gasteiger partial charge in [-0.05, 0) is 6.42 Å². The van der Waals surface area contributed by atoms with Gasteiger partial charge < -0.3 is 20.0 Å². The number of nitrogens with zero attached hydrogens (tertiary/aromatic N) is 1. The molecule has 1 saturated heterocycles. The average Bonchev–Trinajstić information content (AvgIpc) is 2.73. The smallest absolute Gasteiger partial charge is 0.323 e. The third-order valence-corrected chi connectivity index (χ3v) is 2.28. The number of carbonyl (C=O) groups excluding carboxylic acids is 1. The van der Waals surface area contributed by atoms with Crippen LogP contribution >= 0.6 is 0 Å². The van der Waals surface area contributed by atoms with Crippen molar-refractivity contribution in [2.24, 2.45) is 0 Å². The van der Waals surface area contributed by atoms with Crippen molar-refractivity contribution in [3.05, 3.63) is 22.4 Å². The molecule has 1 amide bonds. The molecule has 1 aromatic heterocycles. The Balaban J connectivity index is 2.13. The molecule has 2 rings (SSSR count). The van der Waals surface area contributed by atoms with Crippen molar-refractivity contribution in [3.63, 3.8) is 0 Å². The standard InChI is InChI=1S/C8H11N3O3/c12-5-1-2-11(4-5)7(13)6-3-9-8(14)10-6/h3,5,12H,1-2,4H2,(H2,9,10,14). The van der Waals surface area contributed by atoms with Crippen molar-refractivity contribution in [1.29, 1.82) is 0 Å². The topological polar surface area (TPSA) is 89.2 Å². The minimum absolute atomic E-state index is 0.240. The van der Waals surface area contributed by atoms with Crippen LogP contribution in [0.15, 0.2) is 11.0 Å². The van der Waals surface area contributed by atoms with Gasteiger partial charge in [0.2, 0.25) is 0 Å². The van der Waals surface area contributed by atoms with Crippen LogP contribution in [-0.2, 0) is 0 Å². The number of amides is 1. The summed E-state index contributed by atoms with van der Waals surface area (Å²) < 4.78 is 0. The fourth-order valence-corrected chi connectivity index (χ4v) is 1.54. The Morgan fingerprint density at radius 2 is 2.43 bits per heavy atom. The molecule has 1 aliphatic rings. The fourth-order valence-electron chi connectivity index (χ4n) is 1.54. The molecule has 1 aliphatic heterocycles. The molecular weight excluding hydrogens is 186 g/mol. The van der Waals surface area contributed by atoms with Crippen LogP contribution < -0.4 is 5.69 Å². The lowest BCUT2D eigenvalue weighted by Gasteiger charge is -2.13. The van der Waals surface area contributed by atoms with Gasteiger partial charge in [-0.3, -0.25) is 4.79 Å². The fraction of sp³-hybridized carbons (Fsp3) is 0.500. The highest BCUT2D eigenvalue weighted by Crippen LogP contribution is 2.11. The van der Waals surface area contributed by atoms with Crippen molar-refractivity contribution < 1.29 is 9.90 Å². The molecule has 0 radical (unpaired) electrons. The number of imidazole rings is 1. The minimum atomic E-state index is -0.440. The van der Waals surface area contributed by atoms with E-state index in [4.69, 9.17) is 0 Å². The highest BCUT2D eigenvalue weighted by molar-refractivity contribution is 5.92. The molecule has 1 unspecified atom stereocenters. The molecule has 14 heavy (non-hydrogen) atoms. The molecular formula is C8H11N3O3. The van der Waals surface area contributed by atoms with E-state index in [1.165, 1.54) is 11.1 Å². The summed E-state index contributed by atoms with van der Waals surface area (Å²) in [6.45, 7) is 0.874. The number of likely N-dealkylation sites (tertiary alicyclic amines) is 1. The van der Waals surface area contributed by atoms with Crippen LogP contribution in [0.5, 0.6) is 0 Å². The second kappa shape index (κ2) is 3.30. The van der Waals surface area contributed by atoms with Crippen LogP contribution in [0.1, 0.15) is 16.9 Å². The van der Waals surface area contributed by atoms with Crippen molar-refractivity contribution >= 4 is 5.91 Å². The molecule has 0 aliphatic carbocycles. The van der Waals surface area contributed by atoms with Crippen molar-refractivity contribution in [1.82, 2.24) is 14.9 Å². The number of carbonyl (C=O) groups is 1. The Morgan fingerprint density at radius 1 is 1.64 bits per heavy atom. The van der Waals surface area contributed by atoms with Crippen LogP contribution in [0.25, 0.3) is 0 Å². The van der Waals surface area contributed by atoms with Crippen molar-refractivity contribution in [3.8, 4) is 0 Å². The molecule has 0 aromatic carbocycles. The summed E-state index contributed by atoms with van der Waals surface area (Å²) in [5.41, 5.74) is -0.155. The quantitative estimate of drug-likeness (QED) is 0.534. The van der Waals surface area contributed by atoms with E-state index in [9.17, 15) is 14.7 Å². The van der Waals surface area contributed by atoms with Gasteiger partial charge in [0.15, 0.2) is 0 Å². The summed E-state index contributed by atoms with van der Waals surface area (Å²) in [7, 11) is 0.